The Morgan fingerprint density at radius 3 is 2.23 bits per heavy atom. The molecule has 1 aromatic carbocycles. The number of carbonyl (C=O) groups is 5. The normalized spacial score (nSPS) is 13.2. The van der Waals surface area contributed by atoms with Crippen molar-refractivity contribution in [3.05, 3.63) is 35.9 Å². The summed E-state index contributed by atoms with van der Waals surface area (Å²) >= 11 is 0. The van der Waals surface area contributed by atoms with Crippen molar-refractivity contribution in [3.63, 3.8) is 0 Å². The summed E-state index contributed by atoms with van der Waals surface area (Å²) in [6.45, 7) is 0.0847. The highest BCUT2D eigenvalue weighted by molar-refractivity contribution is 5.92. The molecule has 1 rings (SSSR count). The lowest BCUT2D eigenvalue weighted by Crippen LogP contribution is -2.55. The van der Waals surface area contributed by atoms with Gasteiger partial charge in [0.1, 0.15) is 12.1 Å². The minimum absolute atomic E-state index is 0.0761. The van der Waals surface area contributed by atoms with E-state index >= 15 is 0 Å². The van der Waals surface area contributed by atoms with Crippen LogP contribution in [0.1, 0.15) is 37.7 Å². The average molecular weight is 494 g/mol. The predicted molar refractivity (Wildman–Crippen MR) is 127 cm³/mol. The van der Waals surface area contributed by atoms with Crippen molar-refractivity contribution in [1.82, 2.24) is 15.5 Å². The predicted octanol–water partition coefficient (Wildman–Crippen LogP) is -0.937. The molecule has 12 heteroatoms. The van der Waals surface area contributed by atoms with E-state index in [-0.39, 0.29) is 12.8 Å². The third kappa shape index (κ3) is 11.0. The topological polar surface area (TPSA) is 205 Å². The summed E-state index contributed by atoms with van der Waals surface area (Å²) in [6.07, 6.45) is 1.12. The number of hydrogen-bond donors (Lipinski definition) is 6. The first-order valence-electron chi connectivity index (χ1n) is 11.3. The first kappa shape index (κ1) is 29.5. The lowest BCUT2D eigenvalue weighted by atomic mass is 10.0. The number of carbonyl (C=O) groups excluding carboxylic acids is 3. The highest BCUT2D eigenvalue weighted by atomic mass is 16.4. The largest absolute Gasteiger partial charge is 0.481 e. The van der Waals surface area contributed by atoms with Crippen LogP contribution in [0.5, 0.6) is 0 Å². The second-order valence-corrected chi connectivity index (χ2v) is 8.15. The number of nitrogens with one attached hydrogen (secondary N) is 2. The summed E-state index contributed by atoms with van der Waals surface area (Å²) in [5.41, 5.74) is 12.0. The summed E-state index contributed by atoms with van der Waals surface area (Å²) in [5, 5.41) is 23.0. The maximum atomic E-state index is 13.0. The molecular weight excluding hydrogens is 458 g/mol. The molecule has 3 amide bonds. The second kappa shape index (κ2) is 15.4. The van der Waals surface area contributed by atoms with Gasteiger partial charge in [0.15, 0.2) is 0 Å². The quantitative estimate of drug-likeness (QED) is 0.157. The Labute approximate surface area is 204 Å². The Kier molecular flexibility index (Phi) is 13.0. The Hall–Kier alpha value is -3.51. The monoisotopic (exact) mass is 493 g/mol. The van der Waals surface area contributed by atoms with Gasteiger partial charge in [-0.1, -0.05) is 36.8 Å². The van der Waals surface area contributed by atoms with Crippen LogP contribution in [-0.2, 0) is 30.4 Å². The van der Waals surface area contributed by atoms with E-state index in [2.05, 4.69) is 10.6 Å². The van der Waals surface area contributed by atoms with Gasteiger partial charge in [-0.05, 0) is 31.4 Å². The van der Waals surface area contributed by atoms with Crippen LogP contribution in [-0.4, -0.2) is 83.0 Å². The molecule has 1 aromatic rings. The summed E-state index contributed by atoms with van der Waals surface area (Å²) in [4.78, 5) is 61.4. The molecule has 0 heterocycles. The van der Waals surface area contributed by atoms with Crippen molar-refractivity contribution in [1.29, 1.82) is 0 Å². The molecule has 0 aromatic heterocycles. The lowest BCUT2D eigenvalue weighted by Gasteiger charge is -2.29. The maximum absolute atomic E-state index is 13.0. The number of carboxylic acid groups (broad SMARTS) is 2. The molecule has 194 valence electrons. The highest BCUT2D eigenvalue weighted by Gasteiger charge is 2.31. The fourth-order valence-corrected chi connectivity index (χ4v) is 3.27. The van der Waals surface area contributed by atoms with E-state index in [1.165, 1.54) is 7.05 Å². The first-order valence-corrected chi connectivity index (χ1v) is 11.3. The number of nitrogens with two attached hydrogens (primary N) is 2. The molecular formula is C23H35N5O7. The number of unbranched alkanes of at least 4 members (excludes halogenated alkanes) is 1. The molecule has 0 bridgehead atoms. The number of amides is 3. The zero-order chi connectivity index (χ0) is 26.4. The molecule has 12 nitrogen and oxygen atoms in total. The van der Waals surface area contributed by atoms with E-state index in [1.54, 1.807) is 30.3 Å². The number of hydrogen-bond acceptors (Lipinski definition) is 7. The van der Waals surface area contributed by atoms with E-state index in [0.717, 1.165) is 16.9 Å². The molecule has 0 aliphatic carbocycles. The molecule has 8 N–H and O–H groups in total. The van der Waals surface area contributed by atoms with Crippen molar-refractivity contribution in [3.8, 4) is 0 Å². The Morgan fingerprint density at radius 1 is 1.00 bits per heavy atom. The SMILES string of the molecule is CN(C(=O)CNC(=O)[C@H](N)CCCCN)[C@@H](Cc1ccccc1)C(=O)N[C@@H](CCC(=O)O)C(=O)O. The number of rotatable bonds is 16. The number of nitrogens with zero attached hydrogens (tertiary/aromatic N) is 1. The molecule has 0 fully saturated rings. The Bertz CT molecular complexity index is 865. The molecule has 0 aliphatic heterocycles. The standard InChI is InChI=1S/C23H35N5O7/c1-28(19(29)14-26-21(32)16(25)9-5-6-12-24)18(13-15-7-3-2-4-8-15)22(33)27-17(23(34)35)10-11-20(30)31/h2-4,7-8,16-18H,5-6,9-14,24-25H2,1H3,(H,26,32)(H,27,33)(H,30,31)(H,34,35)/t16-,17+,18+/m1/s1. The Morgan fingerprint density at radius 2 is 1.66 bits per heavy atom. The van der Waals surface area contributed by atoms with E-state index in [9.17, 15) is 29.1 Å². The van der Waals surface area contributed by atoms with Gasteiger partial charge in [-0.3, -0.25) is 19.2 Å². The van der Waals surface area contributed by atoms with Gasteiger partial charge in [0.05, 0.1) is 12.6 Å². The van der Waals surface area contributed by atoms with Crippen molar-refractivity contribution >= 4 is 29.7 Å². The summed E-state index contributed by atoms with van der Waals surface area (Å²) in [6, 6.07) is 5.45. The molecule has 0 saturated carbocycles. The average Bonchev–Trinajstić information content (AvgIpc) is 2.83. The number of carboxylic acids is 2. The van der Waals surface area contributed by atoms with Gasteiger partial charge in [0, 0.05) is 19.9 Å². The second-order valence-electron chi connectivity index (χ2n) is 8.15. The summed E-state index contributed by atoms with van der Waals surface area (Å²) < 4.78 is 0. The van der Waals surface area contributed by atoms with Crippen LogP contribution in [0.15, 0.2) is 30.3 Å². The first-order chi connectivity index (χ1) is 16.6. The van der Waals surface area contributed by atoms with Gasteiger partial charge in [0.25, 0.3) is 0 Å². The third-order valence-corrected chi connectivity index (χ3v) is 5.42. The minimum atomic E-state index is -1.44. The van der Waals surface area contributed by atoms with Gasteiger partial charge >= 0.3 is 11.9 Å². The lowest BCUT2D eigenvalue weighted by molar-refractivity contribution is -0.145. The summed E-state index contributed by atoms with van der Waals surface area (Å²) in [5.74, 6) is -4.43. The minimum Gasteiger partial charge on any atom is -0.481 e. The van der Waals surface area contributed by atoms with E-state index in [1.807, 2.05) is 0 Å². The van der Waals surface area contributed by atoms with E-state index in [4.69, 9.17) is 16.6 Å². The molecule has 0 spiro atoms. The van der Waals surface area contributed by atoms with Crippen LogP contribution in [0.3, 0.4) is 0 Å². The maximum Gasteiger partial charge on any atom is 0.326 e. The van der Waals surface area contributed by atoms with Crippen molar-refractivity contribution in [2.75, 3.05) is 20.1 Å². The fourth-order valence-electron chi connectivity index (χ4n) is 3.27. The van der Waals surface area contributed by atoms with Crippen LogP contribution in [0.4, 0.5) is 0 Å². The number of benzene rings is 1. The van der Waals surface area contributed by atoms with Crippen molar-refractivity contribution in [2.24, 2.45) is 11.5 Å². The van der Waals surface area contributed by atoms with Gasteiger partial charge in [-0.2, -0.15) is 0 Å². The zero-order valence-electron chi connectivity index (χ0n) is 19.8. The zero-order valence-corrected chi connectivity index (χ0v) is 19.8. The molecule has 0 aliphatic rings. The van der Waals surface area contributed by atoms with Crippen LogP contribution < -0.4 is 22.1 Å². The van der Waals surface area contributed by atoms with Crippen LogP contribution in [0.25, 0.3) is 0 Å². The number of likely N-dealkylation sites (N-methyl/N-ethyl adjacent to an activating group) is 1. The van der Waals surface area contributed by atoms with Gasteiger partial charge in [-0.15, -0.1) is 0 Å². The van der Waals surface area contributed by atoms with Crippen molar-refractivity contribution in [2.45, 2.75) is 56.7 Å². The van der Waals surface area contributed by atoms with Crippen LogP contribution >= 0.6 is 0 Å². The molecule has 0 saturated heterocycles. The summed E-state index contributed by atoms with van der Waals surface area (Å²) in [7, 11) is 1.37. The molecule has 35 heavy (non-hydrogen) atoms. The van der Waals surface area contributed by atoms with E-state index < -0.39 is 60.8 Å². The van der Waals surface area contributed by atoms with Crippen LogP contribution in [0.2, 0.25) is 0 Å². The highest BCUT2D eigenvalue weighted by Crippen LogP contribution is 2.10. The van der Waals surface area contributed by atoms with E-state index in [0.29, 0.717) is 19.4 Å². The third-order valence-electron chi connectivity index (χ3n) is 5.42. The Balaban J connectivity index is 2.90. The number of aliphatic carboxylic acids is 2. The van der Waals surface area contributed by atoms with Gasteiger partial charge in [0.2, 0.25) is 17.7 Å². The van der Waals surface area contributed by atoms with Gasteiger partial charge in [-0.25, -0.2) is 4.79 Å². The molecule has 3 atom stereocenters. The van der Waals surface area contributed by atoms with Crippen molar-refractivity contribution < 1.29 is 34.2 Å². The van der Waals surface area contributed by atoms with Crippen LogP contribution in [0, 0.1) is 0 Å². The smallest absolute Gasteiger partial charge is 0.326 e. The molecule has 0 unspecified atom stereocenters. The molecule has 0 radical (unpaired) electrons. The fraction of sp³-hybridized carbons (Fsp3) is 0.522. The van der Waals surface area contributed by atoms with Gasteiger partial charge < -0.3 is 37.2 Å².